The Morgan fingerprint density at radius 3 is 2.76 bits per heavy atom. The topological polar surface area (TPSA) is 49.3 Å². The van der Waals surface area contributed by atoms with Gasteiger partial charge in [-0.2, -0.15) is 0 Å². The summed E-state index contributed by atoms with van der Waals surface area (Å²) in [6, 6.07) is 10.7. The summed E-state index contributed by atoms with van der Waals surface area (Å²) in [4.78, 5) is 12.5. The second kappa shape index (κ2) is 5.06. The summed E-state index contributed by atoms with van der Waals surface area (Å²) in [5, 5.41) is 14.4. The summed E-state index contributed by atoms with van der Waals surface area (Å²) in [6.45, 7) is 5.13. The van der Waals surface area contributed by atoms with Crippen molar-refractivity contribution >= 4 is 16.7 Å². The molecule has 2 N–H and O–H groups in total. The van der Waals surface area contributed by atoms with Crippen LogP contribution in [0.5, 0.6) is 5.75 Å². The smallest absolute Gasteiger partial charge is 0.251 e. The number of amides is 1. The van der Waals surface area contributed by atoms with Crippen molar-refractivity contribution in [2.75, 3.05) is 6.54 Å². The second-order valence-electron chi connectivity index (χ2n) is 6.66. The average molecular weight is 283 g/mol. The van der Waals surface area contributed by atoms with Gasteiger partial charge in [0, 0.05) is 12.1 Å². The molecule has 2 aromatic carbocycles. The lowest BCUT2D eigenvalue weighted by Gasteiger charge is -2.24. The van der Waals surface area contributed by atoms with E-state index in [1.165, 1.54) is 12.8 Å². The van der Waals surface area contributed by atoms with Crippen LogP contribution in [0.1, 0.15) is 37.0 Å². The molecule has 3 nitrogen and oxygen atoms in total. The molecule has 0 saturated heterocycles. The van der Waals surface area contributed by atoms with Gasteiger partial charge >= 0.3 is 0 Å². The molecule has 1 saturated carbocycles. The number of rotatable bonds is 4. The Kier molecular flexibility index (Phi) is 3.36. The molecule has 3 heteroatoms. The first-order valence-electron chi connectivity index (χ1n) is 7.47. The highest BCUT2D eigenvalue weighted by molar-refractivity contribution is 6.07. The zero-order chi connectivity index (χ0) is 15.0. The Hall–Kier alpha value is -2.03. The van der Waals surface area contributed by atoms with Gasteiger partial charge in [-0.1, -0.05) is 26.0 Å². The molecule has 0 aromatic heterocycles. The zero-order valence-electron chi connectivity index (χ0n) is 12.5. The SMILES string of the molecule is CC(C)(CNC(=O)c1cccc2cc(O)ccc12)C1CC1. The van der Waals surface area contributed by atoms with E-state index in [1.54, 1.807) is 18.2 Å². The number of phenolic OH excluding ortho intramolecular Hbond substituents is 1. The second-order valence-corrected chi connectivity index (χ2v) is 6.66. The number of carbonyl (C=O) groups excluding carboxylic acids is 1. The predicted octanol–water partition coefficient (Wildman–Crippen LogP) is 3.71. The molecule has 0 atom stereocenters. The van der Waals surface area contributed by atoms with Crippen molar-refractivity contribution in [1.82, 2.24) is 5.32 Å². The van der Waals surface area contributed by atoms with E-state index in [9.17, 15) is 9.90 Å². The summed E-state index contributed by atoms with van der Waals surface area (Å²) >= 11 is 0. The van der Waals surface area contributed by atoms with Crippen LogP contribution in [0, 0.1) is 11.3 Å². The standard InChI is InChI=1S/C18H21NO2/c1-18(2,13-6-7-13)11-19-17(21)16-5-3-4-12-10-14(20)8-9-15(12)16/h3-5,8-10,13,20H,6-7,11H2,1-2H3,(H,19,21). The molecule has 110 valence electrons. The van der Waals surface area contributed by atoms with Crippen LogP contribution >= 0.6 is 0 Å². The molecule has 1 aliphatic carbocycles. The minimum absolute atomic E-state index is 0.0417. The van der Waals surface area contributed by atoms with E-state index < -0.39 is 0 Å². The fraction of sp³-hybridized carbons (Fsp3) is 0.389. The molecule has 0 aliphatic heterocycles. The number of carbonyl (C=O) groups is 1. The van der Waals surface area contributed by atoms with Gasteiger partial charge in [-0.05, 0) is 59.2 Å². The molecule has 0 unspecified atom stereocenters. The van der Waals surface area contributed by atoms with E-state index in [0.29, 0.717) is 12.1 Å². The van der Waals surface area contributed by atoms with Crippen LogP contribution in [-0.4, -0.2) is 17.6 Å². The van der Waals surface area contributed by atoms with Crippen LogP contribution in [0.15, 0.2) is 36.4 Å². The largest absolute Gasteiger partial charge is 0.508 e. The minimum atomic E-state index is -0.0417. The van der Waals surface area contributed by atoms with Crippen LogP contribution in [0.4, 0.5) is 0 Å². The van der Waals surface area contributed by atoms with Crippen molar-refractivity contribution < 1.29 is 9.90 Å². The highest BCUT2D eigenvalue weighted by atomic mass is 16.3. The van der Waals surface area contributed by atoms with Crippen molar-refractivity contribution in [2.45, 2.75) is 26.7 Å². The normalized spacial score (nSPS) is 15.1. The number of hydrogen-bond donors (Lipinski definition) is 2. The molecule has 1 amide bonds. The van der Waals surface area contributed by atoms with Gasteiger partial charge in [-0.15, -0.1) is 0 Å². The maximum atomic E-state index is 12.5. The zero-order valence-corrected chi connectivity index (χ0v) is 12.5. The number of hydrogen-bond acceptors (Lipinski definition) is 2. The first kappa shape index (κ1) is 13.9. The monoisotopic (exact) mass is 283 g/mol. The average Bonchev–Trinajstić information content (AvgIpc) is 3.29. The molecule has 1 aliphatic rings. The van der Waals surface area contributed by atoms with Gasteiger partial charge in [0.1, 0.15) is 5.75 Å². The van der Waals surface area contributed by atoms with E-state index >= 15 is 0 Å². The Bertz CT molecular complexity index is 687. The molecule has 2 aromatic rings. The van der Waals surface area contributed by atoms with Gasteiger partial charge in [0.05, 0.1) is 0 Å². The van der Waals surface area contributed by atoms with E-state index in [2.05, 4.69) is 19.2 Å². The minimum Gasteiger partial charge on any atom is -0.508 e. The lowest BCUT2D eigenvalue weighted by atomic mass is 9.87. The maximum absolute atomic E-state index is 12.5. The number of nitrogens with one attached hydrogen (secondary N) is 1. The Labute approximate surface area is 125 Å². The van der Waals surface area contributed by atoms with Crippen LogP contribution in [0.3, 0.4) is 0 Å². The molecule has 0 radical (unpaired) electrons. The summed E-state index contributed by atoms with van der Waals surface area (Å²) in [6.07, 6.45) is 2.55. The van der Waals surface area contributed by atoms with Gasteiger partial charge < -0.3 is 10.4 Å². The van der Waals surface area contributed by atoms with Crippen LogP contribution < -0.4 is 5.32 Å². The molecular weight excluding hydrogens is 262 g/mol. The van der Waals surface area contributed by atoms with E-state index in [0.717, 1.165) is 16.7 Å². The van der Waals surface area contributed by atoms with Gasteiger partial charge in [-0.3, -0.25) is 4.79 Å². The Balaban J connectivity index is 1.81. The lowest BCUT2D eigenvalue weighted by molar-refractivity contribution is 0.0933. The van der Waals surface area contributed by atoms with Crippen LogP contribution in [-0.2, 0) is 0 Å². The third-order valence-electron chi connectivity index (χ3n) is 4.50. The third kappa shape index (κ3) is 2.87. The quantitative estimate of drug-likeness (QED) is 0.898. The molecule has 1 fully saturated rings. The van der Waals surface area contributed by atoms with Crippen molar-refractivity contribution in [3.63, 3.8) is 0 Å². The van der Waals surface area contributed by atoms with Crippen molar-refractivity contribution in [2.24, 2.45) is 11.3 Å². The van der Waals surface area contributed by atoms with Gasteiger partial charge in [0.2, 0.25) is 0 Å². The third-order valence-corrected chi connectivity index (χ3v) is 4.50. The van der Waals surface area contributed by atoms with E-state index in [-0.39, 0.29) is 17.1 Å². The summed E-state index contributed by atoms with van der Waals surface area (Å²) in [5.74, 6) is 0.914. The maximum Gasteiger partial charge on any atom is 0.251 e. The van der Waals surface area contributed by atoms with Gasteiger partial charge in [0.25, 0.3) is 5.91 Å². The summed E-state index contributed by atoms with van der Waals surface area (Å²) in [7, 11) is 0. The van der Waals surface area contributed by atoms with E-state index in [1.807, 2.05) is 18.2 Å². The summed E-state index contributed by atoms with van der Waals surface area (Å²) in [5.41, 5.74) is 0.831. The Morgan fingerprint density at radius 1 is 1.29 bits per heavy atom. The predicted molar refractivity (Wildman–Crippen MR) is 84.5 cm³/mol. The lowest BCUT2D eigenvalue weighted by Crippen LogP contribution is -2.35. The van der Waals surface area contributed by atoms with Crippen LogP contribution in [0.25, 0.3) is 10.8 Å². The molecular formula is C18H21NO2. The van der Waals surface area contributed by atoms with E-state index in [4.69, 9.17) is 0 Å². The highest BCUT2D eigenvalue weighted by Crippen LogP contribution is 2.44. The fourth-order valence-electron chi connectivity index (χ4n) is 2.88. The molecule has 3 rings (SSSR count). The molecule has 0 heterocycles. The van der Waals surface area contributed by atoms with Crippen molar-refractivity contribution in [1.29, 1.82) is 0 Å². The van der Waals surface area contributed by atoms with Crippen LogP contribution in [0.2, 0.25) is 0 Å². The number of aromatic hydroxyl groups is 1. The first-order valence-corrected chi connectivity index (χ1v) is 7.47. The number of fused-ring (bicyclic) bond motifs is 1. The van der Waals surface area contributed by atoms with Crippen molar-refractivity contribution in [3.8, 4) is 5.75 Å². The van der Waals surface area contributed by atoms with Gasteiger partial charge in [-0.25, -0.2) is 0 Å². The molecule has 0 bridgehead atoms. The summed E-state index contributed by atoms with van der Waals surface area (Å²) < 4.78 is 0. The number of phenols is 1. The Morgan fingerprint density at radius 2 is 2.05 bits per heavy atom. The van der Waals surface area contributed by atoms with Crippen molar-refractivity contribution in [3.05, 3.63) is 42.0 Å². The van der Waals surface area contributed by atoms with Gasteiger partial charge in [0.15, 0.2) is 0 Å². The first-order chi connectivity index (χ1) is 9.97. The molecule has 21 heavy (non-hydrogen) atoms. The molecule has 0 spiro atoms. The fourth-order valence-corrected chi connectivity index (χ4v) is 2.88. The highest BCUT2D eigenvalue weighted by Gasteiger charge is 2.37. The number of benzene rings is 2.